The summed E-state index contributed by atoms with van der Waals surface area (Å²) in [5.74, 6) is 0.942. The summed E-state index contributed by atoms with van der Waals surface area (Å²) in [5.41, 5.74) is 1.32. The van der Waals surface area contributed by atoms with Gasteiger partial charge in [-0.15, -0.1) is 0 Å². The third-order valence-electron chi connectivity index (χ3n) is 1.94. The molecule has 70 valence electrons. The SMILES string of the molecule is c1cc(CNC2=NCCCN2)cs1. The lowest BCUT2D eigenvalue weighted by Gasteiger charge is -2.15. The van der Waals surface area contributed by atoms with Crippen molar-refractivity contribution in [3.63, 3.8) is 0 Å². The smallest absolute Gasteiger partial charge is 0.191 e. The van der Waals surface area contributed by atoms with Gasteiger partial charge >= 0.3 is 0 Å². The lowest BCUT2D eigenvalue weighted by atomic mass is 10.3. The molecule has 0 fully saturated rings. The van der Waals surface area contributed by atoms with Crippen molar-refractivity contribution in [2.45, 2.75) is 13.0 Å². The van der Waals surface area contributed by atoms with E-state index in [1.807, 2.05) is 0 Å². The van der Waals surface area contributed by atoms with Crippen LogP contribution >= 0.6 is 11.3 Å². The molecule has 3 nitrogen and oxygen atoms in total. The maximum Gasteiger partial charge on any atom is 0.191 e. The Hall–Kier alpha value is -1.03. The van der Waals surface area contributed by atoms with Crippen molar-refractivity contribution in [2.75, 3.05) is 13.1 Å². The highest BCUT2D eigenvalue weighted by Gasteiger charge is 2.02. The lowest BCUT2D eigenvalue weighted by molar-refractivity contribution is 0.702. The number of hydrogen-bond donors (Lipinski definition) is 2. The predicted molar refractivity (Wildman–Crippen MR) is 56.1 cm³/mol. The molecule has 1 aliphatic heterocycles. The van der Waals surface area contributed by atoms with Crippen LogP contribution < -0.4 is 10.6 Å². The van der Waals surface area contributed by atoms with E-state index in [0.717, 1.165) is 32.0 Å². The second-order valence-electron chi connectivity index (χ2n) is 3.00. The molecule has 2 heterocycles. The van der Waals surface area contributed by atoms with Gasteiger partial charge in [-0.05, 0) is 28.8 Å². The van der Waals surface area contributed by atoms with Crippen LogP contribution in [0.1, 0.15) is 12.0 Å². The van der Waals surface area contributed by atoms with Crippen LogP contribution in [-0.4, -0.2) is 19.0 Å². The van der Waals surface area contributed by atoms with Gasteiger partial charge in [0.25, 0.3) is 0 Å². The molecule has 0 bridgehead atoms. The van der Waals surface area contributed by atoms with Crippen molar-refractivity contribution in [3.8, 4) is 0 Å². The van der Waals surface area contributed by atoms with E-state index in [9.17, 15) is 0 Å². The highest BCUT2D eigenvalue weighted by atomic mass is 32.1. The van der Waals surface area contributed by atoms with Gasteiger partial charge < -0.3 is 10.6 Å². The molecule has 2 rings (SSSR count). The fraction of sp³-hybridized carbons (Fsp3) is 0.444. The van der Waals surface area contributed by atoms with Crippen LogP contribution in [-0.2, 0) is 6.54 Å². The third kappa shape index (κ3) is 2.45. The zero-order valence-corrected chi connectivity index (χ0v) is 8.23. The molecule has 0 amide bonds. The maximum absolute atomic E-state index is 4.33. The van der Waals surface area contributed by atoms with Crippen molar-refractivity contribution in [3.05, 3.63) is 22.4 Å². The Morgan fingerprint density at radius 3 is 3.31 bits per heavy atom. The minimum atomic E-state index is 0.870. The van der Waals surface area contributed by atoms with Crippen molar-refractivity contribution in [1.82, 2.24) is 10.6 Å². The first-order chi connectivity index (χ1) is 6.45. The van der Waals surface area contributed by atoms with Crippen LogP contribution in [0.15, 0.2) is 21.8 Å². The van der Waals surface area contributed by atoms with E-state index >= 15 is 0 Å². The lowest BCUT2D eigenvalue weighted by Crippen LogP contribution is -2.40. The van der Waals surface area contributed by atoms with Crippen molar-refractivity contribution >= 4 is 17.3 Å². The Balaban J connectivity index is 1.82. The quantitative estimate of drug-likeness (QED) is 0.743. The fourth-order valence-corrected chi connectivity index (χ4v) is 1.90. The van der Waals surface area contributed by atoms with E-state index in [1.54, 1.807) is 11.3 Å². The number of guanidine groups is 1. The first kappa shape index (κ1) is 8.56. The van der Waals surface area contributed by atoms with Crippen molar-refractivity contribution in [2.24, 2.45) is 4.99 Å². The summed E-state index contributed by atoms with van der Waals surface area (Å²) < 4.78 is 0. The van der Waals surface area contributed by atoms with E-state index in [1.165, 1.54) is 5.56 Å². The minimum Gasteiger partial charge on any atom is -0.356 e. The monoisotopic (exact) mass is 195 g/mol. The standard InChI is InChI=1S/C9H13N3S/c1-3-10-9(11-4-1)12-6-8-2-5-13-7-8/h2,5,7H,1,3-4,6H2,(H2,10,11,12). The Labute approximate surface area is 81.9 Å². The number of rotatable bonds is 2. The van der Waals surface area contributed by atoms with Gasteiger partial charge in [0.2, 0.25) is 0 Å². The molecule has 0 radical (unpaired) electrons. The summed E-state index contributed by atoms with van der Waals surface area (Å²) in [6.07, 6.45) is 1.14. The molecule has 0 aliphatic carbocycles. The Morgan fingerprint density at radius 2 is 2.62 bits per heavy atom. The van der Waals surface area contributed by atoms with Crippen LogP contribution in [0.3, 0.4) is 0 Å². The second kappa shape index (κ2) is 4.28. The predicted octanol–water partition coefficient (Wildman–Crippen LogP) is 1.19. The van der Waals surface area contributed by atoms with Gasteiger partial charge in [0.15, 0.2) is 5.96 Å². The molecule has 0 unspecified atom stereocenters. The zero-order chi connectivity index (χ0) is 8.93. The molecule has 0 aromatic carbocycles. The first-order valence-electron chi connectivity index (χ1n) is 4.48. The molecule has 2 N–H and O–H groups in total. The summed E-state index contributed by atoms with van der Waals surface area (Å²) in [6, 6.07) is 2.13. The highest BCUT2D eigenvalue weighted by Crippen LogP contribution is 2.04. The average molecular weight is 195 g/mol. The van der Waals surface area contributed by atoms with Gasteiger partial charge in [-0.1, -0.05) is 0 Å². The van der Waals surface area contributed by atoms with E-state index < -0.39 is 0 Å². The molecule has 1 aromatic rings. The molecule has 13 heavy (non-hydrogen) atoms. The minimum absolute atomic E-state index is 0.870. The fourth-order valence-electron chi connectivity index (χ4n) is 1.23. The van der Waals surface area contributed by atoms with Crippen molar-refractivity contribution < 1.29 is 0 Å². The van der Waals surface area contributed by atoms with E-state index in [-0.39, 0.29) is 0 Å². The number of nitrogens with one attached hydrogen (secondary N) is 2. The van der Waals surface area contributed by atoms with Crippen LogP contribution in [0.25, 0.3) is 0 Å². The number of nitrogens with zero attached hydrogens (tertiary/aromatic N) is 1. The summed E-state index contributed by atoms with van der Waals surface area (Å²) >= 11 is 1.73. The normalized spacial score (nSPS) is 16.2. The molecular formula is C9H13N3S. The maximum atomic E-state index is 4.33. The number of thiophene rings is 1. The molecule has 1 aliphatic rings. The van der Waals surface area contributed by atoms with E-state index in [2.05, 4.69) is 32.5 Å². The van der Waals surface area contributed by atoms with Gasteiger partial charge in [0.1, 0.15) is 0 Å². The van der Waals surface area contributed by atoms with E-state index in [0.29, 0.717) is 0 Å². The van der Waals surface area contributed by atoms with Crippen molar-refractivity contribution in [1.29, 1.82) is 0 Å². The van der Waals surface area contributed by atoms with Gasteiger partial charge in [0.05, 0.1) is 0 Å². The first-order valence-corrected chi connectivity index (χ1v) is 5.43. The summed E-state index contributed by atoms with van der Waals surface area (Å²) in [6.45, 7) is 2.85. The average Bonchev–Trinajstić information content (AvgIpc) is 2.69. The van der Waals surface area contributed by atoms with Crippen LogP contribution in [0.4, 0.5) is 0 Å². The Kier molecular flexibility index (Phi) is 2.82. The number of aliphatic imine (C=N–C) groups is 1. The highest BCUT2D eigenvalue weighted by molar-refractivity contribution is 7.07. The molecule has 0 atom stereocenters. The van der Waals surface area contributed by atoms with E-state index in [4.69, 9.17) is 0 Å². The topological polar surface area (TPSA) is 36.4 Å². The second-order valence-corrected chi connectivity index (χ2v) is 3.78. The van der Waals surface area contributed by atoms with Gasteiger partial charge in [0, 0.05) is 19.6 Å². The number of hydrogen-bond acceptors (Lipinski definition) is 4. The summed E-state index contributed by atoms with van der Waals surface area (Å²) in [4.78, 5) is 4.33. The van der Waals surface area contributed by atoms with Crippen LogP contribution in [0.5, 0.6) is 0 Å². The third-order valence-corrected chi connectivity index (χ3v) is 2.67. The molecule has 4 heteroatoms. The molecule has 0 saturated heterocycles. The molecular weight excluding hydrogens is 182 g/mol. The van der Waals surface area contributed by atoms with Gasteiger partial charge in [-0.2, -0.15) is 11.3 Å². The summed E-state index contributed by atoms with van der Waals surface area (Å²) in [7, 11) is 0. The Bertz CT molecular complexity index is 279. The summed E-state index contributed by atoms with van der Waals surface area (Å²) in [5, 5.41) is 10.7. The van der Waals surface area contributed by atoms with Gasteiger partial charge in [-0.3, -0.25) is 4.99 Å². The molecule has 0 spiro atoms. The molecule has 0 saturated carbocycles. The zero-order valence-electron chi connectivity index (χ0n) is 7.42. The van der Waals surface area contributed by atoms with Crippen LogP contribution in [0.2, 0.25) is 0 Å². The largest absolute Gasteiger partial charge is 0.356 e. The van der Waals surface area contributed by atoms with Gasteiger partial charge in [-0.25, -0.2) is 0 Å². The molecule has 1 aromatic heterocycles. The Morgan fingerprint density at radius 1 is 1.62 bits per heavy atom. The van der Waals surface area contributed by atoms with Crippen LogP contribution in [0, 0.1) is 0 Å².